The van der Waals surface area contributed by atoms with Gasteiger partial charge in [-0.1, -0.05) is 41.4 Å². The molecule has 0 spiro atoms. The van der Waals surface area contributed by atoms with Crippen LogP contribution in [0.4, 0.5) is 0 Å². The van der Waals surface area contributed by atoms with Crippen molar-refractivity contribution < 1.29 is 0 Å². The highest BCUT2D eigenvalue weighted by Gasteiger charge is 2.27. The molecule has 0 radical (unpaired) electrons. The molecule has 0 bridgehead atoms. The maximum atomic E-state index is 3.88. The number of benzene rings is 1. The van der Waals surface area contributed by atoms with Gasteiger partial charge in [-0.25, -0.2) is 0 Å². The molecule has 2 heteroatoms. The van der Waals surface area contributed by atoms with E-state index in [-0.39, 0.29) is 0 Å². The summed E-state index contributed by atoms with van der Waals surface area (Å²) in [5, 5.41) is 0. The highest BCUT2D eigenvalue weighted by atomic mass is 127. The maximum absolute atomic E-state index is 3.88. The first-order valence-corrected chi connectivity index (χ1v) is 8.57. The molecule has 3 unspecified atom stereocenters. The van der Waals surface area contributed by atoms with Crippen LogP contribution in [0.2, 0.25) is 0 Å². The quantitative estimate of drug-likeness (QED) is 0.464. The first-order valence-electron chi connectivity index (χ1n) is 6.57. The first kappa shape index (κ1) is 13.9. The summed E-state index contributed by atoms with van der Waals surface area (Å²) in [7, 11) is 0. The molecule has 0 N–H and O–H groups in total. The fraction of sp³-hybridized carbons (Fsp3) is 0.600. The molecule has 94 valence electrons. The third-order valence-corrected chi connectivity index (χ3v) is 5.91. The van der Waals surface area contributed by atoms with E-state index in [1.807, 2.05) is 0 Å². The van der Waals surface area contributed by atoms with Crippen molar-refractivity contribution in [1.29, 1.82) is 0 Å². The van der Waals surface area contributed by atoms with Crippen LogP contribution in [0.5, 0.6) is 0 Å². The summed E-state index contributed by atoms with van der Waals surface area (Å²) in [6, 6.07) is 9.02. The molecule has 1 aliphatic rings. The Hall–Kier alpha value is 0.430. The topological polar surface area (TPSA) is 0 Å². The van der Waals surface area contributed by atoms with E-state index in [9.17, 15) is 0 Å². The van der Waals surface area contributed by atoms with Crippen LogP contribution >= 0.6 is 38.5 Å². The van der Waals surface area contributed by atoms with E-state index in [2.05, 4.69) is 69.7 Å². The van der Waals surface area contributed by atoms with Crippen LogP contribution in [0.25, 0.3) is 0 Å². The zero-order chi connectivity index (χ0) is 12.3. The molecule has 0 nitrogen and oxygen atoms in total. The van der Waals surface area contributed by atoms with Crippen LogP contribution in [-0.2, 0) is 6.42 Å². The predicted octanol–water partition coefficient (Wildman–Crippen LogP) is 5.42. The minimum Gasteiger partial charge on any atom is -0.0888 e. The molecule has 0 aromatic heterocycles. The molecule has 0 amide bonds. The third kappa shape index (κ3) is 3.95. The van der Waals surface area contributed by atoms with Crippen LogP contribution in [0.15, 0.2) is 24.3 Å². The van der Waals surface area contributed by atoms with Gasteiger partial charge in [-0.2, -0.15) is 0 Å². The normalized spacial score (nSPS) is 29.2. The summed E-state index contributed by atoms with van der Waals surface area (Å²) in [6.45, 7) is 2.33. The highest BCUT2D eigenvalue weighted by molar-refractivity contribution is 14.1. The second-order valence-electron chi connectivity index (χ2n) is 5.19. The standard InChI is InChI=1S/C15H20BrI/c1-2-11-5-8-15(16)13(9-11)10-12-3-6-14(17)7-4-12/h3-4,6-7,11,13,15H,2,5,8-10H2,1H3. The van der Waals surface area contributed by atoms with Crippen LogP contribution in [0.3, 0.4) is 0 Å². The molecular weight excluding hydrogens is 387 g/mol. The Labute approximate surface area is 127 Å². The van der Waals surface area contributed by atoms with E-state index < -0.39 is 0 Å². The molecule has 1 aromatic rings. The van der Waals surface area contributed by atoms with Crippen molar-refractivity contribution in [3.05, 3.63) is 33.4 Å². The van der Waals surface area contributed by atoms with Crippen molar-refractivity contribution in [1.82, 2.24) is 0 Å². The van der Waals surface area contributed by atoms with Crippen molar-refractivity contribution in [3.8, 4) is 0 Å². The van der Waals surface area contributed by atoms with Crippen LogP contribution in [0, 0.1) is 15.4 Å². The lowest BCUT2D eigenvalue weighted by Gasteiger charge is -2.33. The molecule has 3 atom stereocenters. The molecule has 1 aromatic carbocycles. The van der Waals surface area contributed by atoms with Crippen molar-refractivity contribution in [2.24, 2.45) is 11.8 Å². The van der Waals surface area contributed by atoms with Crippen molar-refractivity contribution >= 4 is 38.5 Å². The van der Waals surface area contributed by atoms with Crippen LogP contribution in [0.1, 0.15) is 38.2 Å². The number of alkyl halides is 1. The predicted molar refractivity (Wildman–Crippen MR) is 86.7 cm³/mol. The van der Waals surface area contributed by atoms with Gasteiger partial charge >= 0.3 is 0 Å². The maximum Gasteiger partial charge on any atom is 0.0177 e. The largest absolute Gasteiger partial charge is 0.0888 e. The van der Waals surface area contributed by atoms with Gasteiger partial charge in [-0.05, 0) is 77.8 Å². The van der Waals surface area contributed by atoms with Gasteiger partial charge in [0.1, 0.15) is 0 Å². The molecule has 1 fully saturated rings. The zero-order valence-corrected chi connectivity index (χ0v) is 14.1. The SMILES string of the molecule is CCC1CCC(Br)C(Cc2ccc(I)cc2)C1. The monoisotopic (exact) mass is 406 g/mol. The van der Waals surface area contributed by atoms with E-state index in [0.717, 1.165) is 16.7 Å². The average molecular weight is 407 g/mol. The average Bonchev–Trinajstić information content (AvgIpc) is 2.35. The van der Waals surface area contributed by atoms with Crippen molar-refractivity contribution in [2.75, 3.05) is 0 Å². The lowest BCUT2D eigenvalue weighted by atomic mass is 9.77. The van der Waals surface area contributed by atoms with Gasteiger partial charge in [0.15, 0.2) is 0 Å². The van der Waals surface area contributed by atoms with E-state index >= 15 is 0 Å². The van der Waals surface area contributed by atoms with Gasteiger partial charge < -0.3 is 0 Å². The van der Waals surface area contributed by atoms with E-state index in [1.54, 1.807) is 0 Å². The van der Waals surface area contributed by atoms with Crippen molar-refractivity contribution in [3.63, 3.8) is 0 Å². The summed E-state index contributed by atoms with van der Waals surface area (Å²) < 4.78 is 1.33. The van der Waals surface area contributed by atoms with E-state index in [0.29, 0.717) is 0 Å². The Balaban J connectivity index is 1.98. The second-order valence-corrected chi connectivity index (χ2v) is 7.62. The molecule has 0 aliphatic heterocycles. The molecule has 1 aliphatic carbocycles. The smallest absolute Gasteiger partial charge is 0.0177 e. The fourth-order valence-electron chi connectivity index (χ4n) is 2.83. The number of rotatable bonds is 3. The Bertz CT molecular complexity index is 346. The molecule has 1 saturated carbocycles. The number of halogens is 2. The van der Waals surface area contributed by atoms with Gasteiger partial charge in [0.05, 0.1) is 0 Å². The Morgan fingerprint density at radius 2 is 1.94 bits per heavy atom. The molecule has 0 saturated heterocycles. The summed E-state index contributed by atoms with van der Waals surface area (Å²) in [5.41, 5.74) is 1.50. The minimum atomic E-state index is 0.726. The Morgan fingerprint density at radius 3 is 2.59 bits per heavy atom. The van der Waals surface area contributed by atoms with Crippen LogP contribution < -0.4 is 0 Å². The summed E-state index contributed by atoms with van der Waals surface area (Å²) in [5.74, 6) is 1.78. The minimum absolute atomic E-state index is 0.726. The summed E-state index contributed by atoms with van der Waals surface area (Å²) in [4.78, 5) is 0.726. The van der Waals surface area contributed by atoms with Gasteiger partial charge in [0.25, 0.3) is 0 Å². The van der Waals surface area contributed by atoms with Crippen molar-refractivity contribution in [2.45, 2.75) is 43.9 Å². The molecule has 2 rings (SSSR count). The molecular formula is C15H20BrI. The Kier molecular flexibility index (Phi) is 5.34. The lowest BCUT2D eigenvalue weighted by molar-refractivity contribution is 0.271. The molecule has 17 heavy (non-hydrogen) atoms. The highest BCUT2D eigenvalue weighted by Crippen LogP contribution is 2.37. The zero-order valence-electron chi connectivity index (χ0n) is 10.3. The van der Waals surface area contributed by atoms with Gasteiger partial charge in [0.2, 0.25) is 0 Å². The first-order chi connectivity index (χ1) is 8.19. The van der Waals surface area contributed by atoms with Crippen LogP contribution in [-0.4, -0.2) is 4.83 Å². The number of hydrogen-bond acceptors (Lipinski definition) is 0. The fourth-order valence-corrected chi connectivity index (χ4v) is 3.86. The number of hydrogen-bond donors (Lipinski definition) is 0. The second kappa shape index (κ2) is 6.55. The van der Waals surface area contributed by atoms with Gasteiger partial charge in [-0.15, -0.1) is 0 Å². The summed E-state index contributed by atoms with van der Waals surface area (Å²) >= 11 is 6.25. The third-order valence-electron chi connectivity index (χ3n) is 3.99. The Morgan fingerprint density at radius 1 is 1.24 bits per heavy atom. The molecule has 0 heterocycles. The van der Waals surface area contributed by atoms with E-state index in [4.69, 9.17) is 0 Å². The van der Waals surface area contributed by atoms with E-state index in [1.165, 1.54) is 41.2 Å². The van der Waals surface area contributed by atoms with Gasteiger partial charge in [0, 0.05) is 8.40 Å². The van der Waals surface area contributed by atoms with Gasteiger partial charge in [-0.3, -0.25) is 0 Å². The lowest BCUT2D eigenvalue weighted by Crippen LogP contribution is -2.26. The summed E-state index contributed by atoms with van der Waals surface area (Å²) in [6.07, 6.45) is 6.76.